The third-order valence-electron chi connectivity index (χ3n) is 8.16. The predicted octanol–water partition coefficient (Wildman–Crippen LogP) is 5.34. The van der Waals surface area contributed by atoms with Gasteiger partial charge in [0.05, 0.1) is 24.8 Å². The first-order chi connectivity index (χ1) is 21.7. The smallest absolute Gasteiger partial charge is 0.264 e. The van der Waals surface area contributed by atoms with Gasteiger partial charge in [-0.1, -0.05) is 56.5 Å². The van der Waals surface area contributed by atoms with E-state index >= 15 is 0 Å². The molecule has 0 aliphatic heterocycles. The topological polar surface area (TPSA) is 105 Å². The first kappa shape index (κ1) is 33.8. The minimum absolute atomic E-state index is 0.0486. The molecule has 11 heteroatoms. The third-order valence-corrected chi connectivity index (χ3v) is 9.93. The highest BCUT2D eigenvalue weighted by Crippen LogP contribution is 2.32. The molecular weight excluding hydrogens is 597 g/mol. The second-order valence-corrected chi connectivity index (χ2v) is 13.0. The normalized spacial score (nSPS) is 14.3. The van der Waals surface area contributed by atoms with Crippen LogP contribution >= 0.6 is 0 Å². The summed E-state index contributed by atoms with van der Waals surface area (Å²) >= 11 is 0. The number of rotatable bonds is 14. The number of anilines is 1. The van der Waals surface area contributed by atoms with E-state index in [2.05, 4.69) is 5.32 Å². The maximum atomic E-state index is 14.2. The number of sulfonamides is 1. The lowest BCUT2D eigenvalue weighted by atomic mass is 9.95. The molecule has 0 unspecified atom stereocenters. The highest BCUT2D eigenvalue weighted by atomic mass is 32.2. The molecule has 1 fully saturated rings. The summed E-state index contributed by atoms with van der Waals surface area (Å²) in [5.74, 6) is -0.822. The standard InChI is InChI=1S/C34H42FN3O6S/c1-4-30(34(40)36-27-13-9-6-10-14-27)37(22-21-25-11-7-5-8-12-25)33(39)24-38(28-17-15-26(35)16-18-28)45(41,42)29-19-20-31(43-2)32(23-29)44-3/h5,7-8,11-12,15-20,23,27,30H,4,6,9-10,13-14,21-22,24H2,1-3H3,(H,36,40)/t30-/m0/s1. The summed E-state index contributed by atoms with van der Waals surface area (Å²) in [5.41, 5.74) is 1.08. The number of benzene rings is 3. The second-order valence-electron chi connectivity index (χ2n) is 11.1. The Bertz CT molecular complexity index is 1530. The van der Waals surface area contributed by atoms with Gasteiger partial charge in [-0.25, -0.2) is 12.8 Å². The zero-order valence-electron chi connectivity index (χ0n) is 26.1. The molecule has 1 N–H and O–H groups in total. The van der Waals surface area contributed by atoms with E-state index in [-0.39, 0.29) is 34.8 Å². The van der Waals surface area contributed by atoms with Crippen LogP contribution in [0, 0.1) is 5.82 Å². The average molecular weight is 640 g/mol. The van der Waals surface area contributed by atoms with E-state index in [0.717, 1.165) is 54.1 Å². The van der Waals surface area contributed by atoms with E-state index in [1.54, 1.807) is 0 Å². The fourth-order valence-corrected chi connectivity index (χ4v) is 7.11. The molecule has 0 bridgehead atoms. The summed E-state index contributed by atoms with van der Waals surface area (Å²) in [6.45, 7) is 1.43. The summed E-state index contributed by atoms with van der Waals surface area (Å²) in [5, 5.41) is 3.14. The molecule has 2 amide bonds. The summed E-state index contributed by atoms with van der Waals surface area (Å²) in [6.07, 6.45) is 5.82. The third kappa shape index (κ3) is 8.54. The van der Waals surface area contributed by atoms with Crippen LogP contribution < -0.4 is 19.1 Å². The Hall–Kier alpha value is -4.12. The second kappa shape index (κ2) is 15.7. The van der Waals surface area contributed by atoms with Gasteiger partial charge in [0.25, 0.3) is 10.0 Å². The van der Waals surface area contributed by atoms with E-state index in [1.165, 1.54) is 49.5 Å². The first-order valence-corrected chi connectivity index (χ1v) is 16.8. The van der Waals surface area contributed by atoms with Gasteiger partial charge in [0, 0.05) is 18.7 Å². The maximum absolute atomic E-state index is 14.2. The van der Waals surface area contributed by atoms with Gasteiger partial charge in [-0.2, -0.15) is 0 Å². The number of hydrogen-bond donors (Lipinski definition) is 1. The molecule has 1 saturated carbocycles. The van der Waals surface area contributed by atoms with Crippen molar-refractivity contribution in [3.8, 4) is 11.5 Å². The van der Waals surface area contributed by atoms with Crippen molar-refractivity contribution < 1.29 is 31.9 Å². The van der Waals surface area contributed by atoms with E-state index in [9.17, 15) is 22.4 Å². The average Bonchev–Trinajstić information content (AvgIpc) is 3.06. The Labute approximate surface area is 265 Å². The van der Waals surface area contributed by atoms with Crippen molar-refractivity contribution >= 4 is 27.5 Å². The Morgan fingerprint density at radius 1 is 0.933 bits per heavy atom. The van der Waals surface area contributed by atoms with Crippen LogP contribution in [-0.2, 0) is 26.0 Å². The maximum Gasteiger partial charge on any atom is 0.264 e. The van der Waals surface area contributed by atoms with Gasteiger partial charge >= 0.3 is 0 Å². The van der Waals surface area contributed by atoms with Gasteiger partial charge in [0.2, 0.25) is 11.8 Å². The number of hydrogen-bond acceptors (Lipinski definition) is 6. The lowest BCUT2D eigenvalue weighted by Gasteiger charge is -2.34. The van der Waals surface area contributed by atoms with Crippen molar-refractivity contribution in [1.29, 1.82) is 0 Å². The zero-order valence-corrected chi connectivity index (χ0v) is 26.9. The van der Waals surface area contributed by atoms with Crippen LogP contribution in [0.5, 0.6) is 11.5 Å². The van der Waals surface area contributed by atoms with Crippen molar-refractivity contribution in [2.24, 2.45) is 0 Å². The van der Waals surface area contributed by atoms with Crippen molar-refractivity contribution in [3.63, 3.8) is 0 Å². The molecule has 45 heavy (non-hydrogen) atoms. The van der Waals surface area contributed by atoms with Gasteiger partial charge in [-0.05, 0) is 67.6 Å². The molecule has 4 rings (SSSR count). The molecule has 242 valence electrons. The van der Waals surface area contributed by atoms with Gasteiger partial charge in [-0.15, -0.1) is 0 Å². The SMILES string of the molecule is CC[C@@H](C(=O)NC1CCCCC1)N(CCc1ccccc1)C(=O)CN(c1ccc(F)cc1)S(=O)(=O)c1ccc(OC)c(OC)c1. The summed E-state index contributed by atoms with van der Waals surface area (Å²) < 4.78 is 53.7. The number of carbonyl (C=O) groups excluding carboxylic acids is 2. The van der Waals surface area contributed by atoms with Crippen molar-refractivity contribution in [1.82, 2.24) is 10.2 Å². The molecule has 9 nitrogen and oxygen atoms in total. The van der Waals surface area contributed by atoms with Gasteiger partial charge in [0.1, 0.15) is 18.4 Å². The first-order valence-electron chi connectivity index (χ1n) is 15.3. The molecule has 3 aromatic rings. The van der Waals surface area contributed by atoms with Crippen LogP contribution in [0.25, 0.3) is 0 Å². The number of amides is 2. The number of methoxy groups -OCH3 is 2. The fraction of sp³-hybridized carbons (Fsp3) is 0.412. The van der Waals surface area contributed by atoms with E-state index in [4.69, 9.17) is 9.47 Å². The van der Waals surface area contributed by atoms with Gasteiger partial charge in [-0.3, -0.25) is 13.9 Å². The van der Waals surface area contributed by atoms with Crippen LogP contribution in [0.3, 0.4) is 0 Å². The van der Waals surface area contributed by atoms with Crippen LogP contribution in [0.2, 0.25) is 0 Å². The Morgan fingerprint density at radius 2 is 1.60 bits per heavy atom. The van der Waals surface area contributed by atoms with Crippen molar-refractivity contribution in [2.75, 3.05) is 31.6 Å². The van der Waals surface area contributed by atoms with E-state index in [1.807, 2.05) is 37.3 Å². The fourth-order valence-electron chi connectivity index (χ4n) is 5.68. The van der Waals surface area contributed by atoms with E-state index in [0.29, 0.717) is 18.6 Å². The van der Waals surface area contributed by atoms with Gasteiger partial charge < -0.3 is 19.7 Å². The minimum Gasteiger partial charge on any atom is -0.493 e. The molecule has 0 aromatic heterocycles. The molecule has 0 radical (unpaired) electrons. The predicted molar refractivity (Wildman–Crippen MR) is 171 cm³/mol. The summed E-state index contributed by atoms with van der Waals surface area (Å²) in [4.78, 5) is 29.2. The van der Waals surface area contributed by atoms with Crippen LogP contribution in [0.4, 0.5) is 10.1 Å². The molecule has 0 spiro atoms. The molecular formula is C34H42FN3O6S. The number of ether oxygens (including phenoxy) is 2. The highest BCUT2D eigenvalue weighted by Gasteiger charge is 2.34. The summed E-state index contributed by atoms with van der Waals surface area (Å²) in [7, 11) is -1.54. The minimum atomic E-state index is -4.37. The van der Waals surface area contributed by atoms with Crippen molar-refractivity contribution in [3.05, 3.63) is 84.2 Å². The molecule has 3 aromatic carbocycles. The molecule has 1 atom stereocenters. The van der Waals surface area contributed by atoms with Crippen LogP contribution in [0.15, 0.2) is 77.7 Å². The van der Waals surface area contributed by atoms with Crippen LogP contribution in [0.1, 0.15) is 51.0 Å². The van der Waals surface area contributed by atoms with Crippen LogP contribution in [-0.4, -0.2) is 64.5 Å². The van der Waals surface area contributed by atoms with Crippen molar-refractivity contribution in [2.45, 2.75) is 68.8 Å². The quantitative estimate of drug-likeness (QED) is 0.256. The zero-order chi connectivity index (χ0) is 32.4. The summed E-state index contributed by atoms with van der Waals surface area (Å²) in [6, 6.07) is 17.9. The highest BCUT2D eigenvalue weighted by molar-refractivity contribution is 7.92. The lowest BCUT2D eigenvalue weighted by Crippen LogP contribution is -2.54. The largest absolute Gasteiger partial charge is 0.493 e. The number of nitrogens with zero attached hydrogens (tertiary/aromatic N) is 2. The van der Waals surface area contributed by atoms with E-state index < -0.39 is 34.3 Å². The Kier molecular flexibility index (Phi) is 11.8. The Balaban J connectivity index is 1.69. The number of carbonyl (C=O) groups is 2. The number of halogens is 1. The van der Waals surface area contributed by atoms with Gasteiger partial charge in [0.15, 0.2) is 11.5 Å². The Morgan fingerprint density at radius 3 is 2.22 bits per heavy atom. The molecule has 1 aliphatic rings. The molecule has 1 aliphatic carbocycles. The number of nitrogens with one attached hydrogen (secondary N) is 1. The molecule has 0 heterocycles. The monoisotopic (exact) mass is 639 g/mol. The molecule has 0 saturated heterocycles. The lowest BCUT2D eigenvalue weighted by molar-refractivity contribution is -0.140.